The zero-order valence-electron chi connectivity index (χ0n) is 21.0. The van der Waals surface area contributed by atoms with Crippen molar-refractivity contribution in [1.82, 2.24) is 0 Å². The summed E-state index contributed by atoms with van der Waals surface area (Å²) in [5.41, 5.74) is 4.26. The third-order valence-corrected chi connectivity index (χ3v) is 7.63. The fourth-order valence-corrected chi connectivity index (χ4v) is 5.43. The Hall–Kier alpha value is -2.59. The summed E-state index contributed by atoms with van der Waals surface area (Å²) < 4.78 is 14.8. The van der Waals surface area contributed by atoms with Crippen LogP contribution in [-0.4, -0.2) is 0 Å². The van der Waals surface area contributed by atoms with E-state index in [1.54, 1.807) is 0 Å². The lowest BCUT2D eigenvalue weighted by molar-refractivity contribution is 0.303. The van der Waals surface area contributed by atoms with Crippen LogP contribution in [0.2, 0.25) is 0 Å². The maximum Gasteiger partial charge on any atom is 0.134 e. The van der Waals surface area contributed by atoms with Gasteiger partial charge in [-0.05, 0) is 91.1 Å². The van der Waals surface area contributed by atoms with Crippen LogP contribution in [0.4, 0.5) is 4.39 Å². The molecule has 0 N–H and O–H groups in total. The molecule has 1 heteroatoms. The van der Waals surface area contributed by atoms with Gasteiger partial charge in [0.2, 0.25) is 0 Å². The second-order valence-corrected chi connectivity index (χ2v) is 10.2. The Bertz CT molecular complexity index is 1120. The molecule has 0 bridgehead atoms. The quantitative estimate of drug-likeness (QED) is 0.235. The molecule has 1 fully saturated rings. The number of rotatable bonds is 8. The van der Waals surface area contributed by atoms with Crippen LogP contribution in [0.25, 0.3) is 10.8 Å². The van der Waals surface area contributed by atoms with E-state index in [1.165, 1.54) is 56.9 Å². The number of aryl methyl sites for hydroxylation is 1. The Kier molecular flexibility index (Phi) is 8.81. The zero-order valence-corrected chi connectivity index (χ0v) is 21.0. The van der Waals surface area contributed by atoms with Gasteiger partial charge in [0.25, 0.3) is 0 Å². The number of hydrogen-bond donors (Lipinski definition) is 0. The van der Waals surface area contributed by atoms with Crippen molar-refractivity contribution in [3.05, 3.63) is 82.7 Å². The Labute approximate surface area is 206 Å². The van der Waals surface area contributed by atoms with Crippen molar-refractivity contribution in [2.24, 2.45) is 5.92 Å². The third kappa shape index (κ3) is 6.29. The van der Waals surface area contributed by atoms with E-state index in [9.17, 15) is 4.39 Å². The Balaban J connectivity index is 1.38. The van der Waals surface area contributed by atoms with Gasteiger partial charge in [0.05, 0.1) is 0 Å². The molecule has 3 aromatic rings. The Morgan fingerprint density at radius 3 is 2.21 bits per heavy atom. The van der Waals surface area contributed by atoms with Crippen LogP contribution in [0.5, 0.6) is 0 Å². The summed E-state index contributed by atoms with van der Waals surface area (Å²) >= 11 is 0. The molecule has 0 amide bonds. The second-order valence-electron chi connectivity index (χ2n) is 10.2. The largest absolute Gasteiger partial charge is 0.206 e. The molecule has 0 spiro atoms. The van der Waals surface area contributed by atoms with Gasteiger partial charge in [-0.25, -0.2) is 4.39 Å². The van der Waals surface area contributed by atoms with Crippen LogP contribution >= 0.6 is 0 Å². The average molecular weight is 455 g/mol. The molecular weight excluding hydrogens is 415 g/mol. The first-order valence-electron chi connectivity index (χ1n) is 13.5. The SMILES string of the molecule is CCCCCC1CCC(c2ccc(C#Cc3ccc4c(F)c(CCCC)ccc4c3)cc2)CC1. The predicted octanol–water partition coefficient (Wildman–Crippen LogP) is 9.58. The minimum Gasteiger partial charge on any atom is -0.206 e. The molecule has 0 aliphatic heterocycles. The Morgan fingerprint density at radius 2 is 1.47 bits per heavy atom. The molecule has 0 atom stereocenters. The smallest absolute Gasteiger partial charge is 0.134 e. The van der Waals surface area contributed by atoms with E-state index in [2.05, 4.69) is 50.0 Å². The van der Waals surface area contributed by atoms with E-state index in [1.807, 2.05) is 30.3 Å². The number of unbranched alkanes of at least 4 members (excludes halogenated alkanes) is 3. The predicted molar refractivity (Wildman–Crippen MR) is 144 cm³/mol. The molecule has 1 aliphatic carbocycles. The highest BCUT2D eigenvalue weighted by atomic mass is 19.1. The molecule has 1 aliphatic rings. The van der Waals surface area contributed by atoms with Crippen molar-refractivity contribution in [1.29, 1.82) is 0 Å². The minimum absolute atomic E-state index is 0.0731. The third-order valence-electron chi connectivity index (χ3n) is 7.63. The van der Waals surface area contributed by atoms with Gasteiger partial charge in [-0.15, -0.1) is 0 Å². The summed E-state index contributed by atoms with van der Waals surface area (Å²) in [4.78, 5) is 0. The zero-order chi connectivity index (χ0) is 23.8. The van der Waals surface area contributed by atoms with Gasteiger partial charge < -0.3 is 0 Å². The van der Waals surface area contributed by atoms with Crippen molar-refractivity contribution in [2.45, 2.75) is 90.4 Å². The van der Waals surface area contributed by atoms with Crippen LogP contribution < -0.4 is 0 Å². The highest BCUT2D eigenvalue weighted by Crippen LogP contribution is 2.37. The summed E-state index contributed by atoms with van der Waals surface area (Å²) in [6, 6.07) is 18.7. The highest BCUT2D eigenvalue weighted by molar-refractivity contribution is 5.85. The Morgan fingerprint density at radius 1 is 0.765 bits per heavy atom. The van der Waals surface area contributed by atoms with E-state index in [-0.39, 0.29) is 5.82 Å². The van der Waals surface area contributed by atoms with E-state index in [0.29, 0.717) is 11.3 Å². The van der Waals surface area contributed by atoms with Crippen molar-refractivity contribution in [3.63, 3.8) is 0 Å². The molecule has 1 saturated carbocycles. The standard InChI is InChI=1S/C33H39F/c1-3-5-7-8-25-12-17-28(18-13-25)29-19-14-26(15-20-29)10-11-27-16-23-32-31(24-27)22-21-30(33(32)34)9-6-4-2/h14-16,19-25,28H,3-9,12-13,17-18H2,1-2H3. The van der Waals surface area contributed by atoms with Crippen LogP contribution in [0, 0.1) is 23.6 Å². The summed E-state index contributed by atoms with van der Waals surface area (Å²) in [5, 5.41) is 1.62. The molecule has 4 rings (SSSR count). The van der Waals surface area contributed by atoms with Gasteiger partial charge in [-0.2, -0.15) is 0 Å². The van der Waals surface area contributed by atoms with Crippen LogP contribution in [0.15, 0.2) is 54.6 Å². The van der Waals surface area contributed by atoms with E-state index < -0.39 is 0 Å². The molecule has 34 heavy (non-hydrogen) atoms. The van der Waals surface area contributed by atoms with Crippen molar-refractivity contribution >= 4 is 10.8 Å². The molecule has 0 aromatic heterocycles. The fourth-order valence-electron chi connectivity index (χ4n) is 5.43. The van der Waals surface area contributed by atoms with Crippen LogP contribution in [0.3, 0.4) is 0 Å². The summed E-state index contributed by atoms with van der Waals surface area (Å²) in [7, 11) is 0. The molecule has 0 heterocycles. The van der Waals surface area contributed by atoms with Crippen molar-refractivity contribution in [2.75, 3.05) is 0 Å². The van der Waals surface area contributed by atoms with Gasteiger partial charge in [0.15, 0.2) is 0 Å². The van der Waals surface area contributed by atoms with Crippen LogP contribution in [-0.2, 0) is 6.42 Å². The second kappa shape index (κ2) is 12.2. The van der Waals surface area contributed by atoms with E-state index >= 15 is 0 Å². The molecule has 3 aromatic carbocycles. The van der Waals surface area contributed by atoms with E-state index in [0.717, 1.165) is 47.3 Å². The van der Waals surface area contributed by atoms with Gasteiger partial charge in [0, 0.05) is 16.5 Å². The lowest BCUT2D eigenvalue weighted by Crippen LogP contribution is -2.13. The first-order chi connectivity index (χ1) is 16.7. The molecule has 0 radical (unpaired) electrons. The molecule has 0 unspecified atom stereocenters. The van der Waals surface area contributed by atoms with Gasteiger partial charge >= 0.3 is 0 Å². The lowest BCUT2D eigenvalue weighted by atomic mass is 9.77. The monoisotopic (exact) mass is 454 g/mol. The number of hydrogen-bond acceptors (Lipinski definition) is 0. The average Bonchev–Trinajstić information content (AvgIpc) is 2.88. The number of halogens is 1. The van der Waals surface area contributed by atoms with E-state index in [4.69, 9.17) is 0 Å². The minimum atomic E-state index is -0.0731. The highest BCUT2D eigenvalue weighted by Gasteiger charge is 2.21. The van der Waals surface area contributed by atoms with Crippen molar-refractivity contribution in [3.8, 4) is 11.8 Å². The molecule has 0 saturated heterocycles. The van der Waals surface area contributed by atoms with Gasteiger partial charge in [0.1, 0.15) is 5.82 Å². The topological polar surface area (TPSA) is 0 Å². The maximum absolute atomic E-state index is 14.8. The summed E-state index contributed by atoms with van der Waals surface area (Å²) in [6.45, 7) is 4.43. The first kappa shape index (κ1) is 24.5. The molecular formula is C33H39F. The van der Waals surface area contributed by atoms with Gasteiger partial charge in [-0.1, -0.05) is 88.1 Å². The number of benzene rings is 3. The normalized spacial score (nSPS) is 18.0. The fraction of sp³-hybridized carbons (Fsp3) is 0.455. The number of fused-ring (bicyclic) bond motifs is 1. The van der Waals surface area contributed by atoms with Gasteiger partial charge in [-0.3, -0.25) is 0 Å². The molecule has 178 valence electrons. The summed E-state index contributed by atoms with van der Waals surface area (Å²) in [5.74, 6) is 8.17. The summed E-state index contributed by atoms with van der Waals surface area (Å²) in [6.07, 6.45) is 13.9. The first-order valence-corrected chi connectivity index (χ1v) is 13.5. The van der Waals surface area contributed by atoms with Crippen molar-refractivity contribution < 1.29 is 4.39 Å². The van der Waals surface area contributed by atoms with Crippen LogP contribution in [0.1, 0.15) is 106 Å². The molecule has 0 nitrogen and oxygen atoms in total. The lowest BCUT2D eigenvalue weighted by Gasteiger charge is -2.29. The maximum atomic E-state index is 14.8.